The number of ketones is 1. The van der Waals surface area contributed by atoms with Gasteiger partial charge in [-0.1, -0.05) is 0 Å². The summed E-state index contributed by atoms with van der Waals surface area (Å²) in [5.74, 6) is -0.157. The first-order chi connectivity index (χ1) is 6.20. The van der Waals surface area contributed by atoms with Gasteiger partial charge in [-0.15, -0.1) is 0 Å². The zero-order valence-electron chi connectivity index (χ0n) is 6.94. The highest BCUT2D eigenvalue weighted by molar-refractivity contribution is 9.10. The third kappa shape index (κ3) is 1.41. The predicted octanol–water partition coefficient (Wildman–Crippen LogP) is 3.11. The van der Waals surface area contributed by atoms with E-state index in [2.05, 4.69) is 15.9 Å². The van der Waals surface area contributed by atoms with E-state index in [1.54, 1.807) is 6.07 Å². The molecule has 0 radical (unpaired) electrons. The summed E-state index contributed by atoms with van der Waals surface area (Å²) in [6.07, 6.45) is 2.21. The van der Waals surface area contributed by atoms with Crippen LogP contribution < -0.4 is 0 Å². The Bertz CT molecular complexity index is 373. The second-order valence-electron chi connectivity index (χ2n) is 3.16. The summed E-state index contributed by atoms with van der Waals surface area (Å²) in [6, 6.07) is 2.92. The smallest absolute Gasteiger partial charge is 0.163 e. The molecule has 13 heavy (non-hydrogen) atoms. The Balaban J connectivity index is 2.63. The van der Waals surface area contributed by atoms with E-state index >= 15 is 0 Å². The number of fused-ring (bicyclic) bond motifs is 1. The van der Waals surface area contributed by atoms with Crippen LogP contribution in [0.25, 0.3) is 0 Å². The minimum atomic E-state index is -0.284. The monoisotopic (exact) mass is 242 g/mol. The van der Waals surface area contributed by atoms with E-state index in [0.29, 0.717) is 16.5 Å². The molecule has 0 heterocycles. The van der Waals surface area contributed by atoms with Crippen molar-refractivity contribution in [2.45, 2.75) is 19.3 Å². The molecule has 0 N–H and O–H groups in total. The van der Waals surface area contributed by atoms with Gasteiger partial charge in [-0.05, 0) is 46.5 Å². The van der Waals surface area contributed by atoms with E-state index in [0.717, 1.165) is 18.4 Å². The maximum atomic E-state index is 13.1. The maximum Gasteiger partial charge on any atom is 0.163 e. The highest BCUT2D eigenvalue weighted by Gasteiger charge is 2.20. The highest BCUT2D eigenvalue weighted by Crippen LogP contribution is 2.29. The third-order valence-electron chi connectivity index (χ3n) is 2.33. The zero-order valence-corrected chi connectivity index (χ0v) is 8.53. The van der Waals surface area contributed by atoms with Gasteiger partial charge in [-0.2, -0.15) is 0 Å². The molecular formula is C10H8BrFO. The van der Waals surface area contributed by atoms with Crippen molar-refractivity contribution in [3.05, 3.63) is 33.5 Å². The Morgan fingerprint density at radius 2 is 2.08 bits per heavy atom. The number of hydrogen-bond donors (Lipinski definition) is 0. The summed E-state index contributed by atoms with van der Waals surface area (Å²) in [7, 11) is 0. The summed E-state index contributed by atoms with van der Waals surface area (Å²) in [4.78, 5) is 11.4. The van der Waals surface area contributed by atoms with Crippen LogP contribution in [0.1, 0.15) is 28.8 Å². The van der Waals surface area contributed by atoms with Crippen molar-refractivity contribution in [1.82, 2.24) is 0 Å². The van der Waals surface area contributed by atoms with Gasteiger partial charge >= 0.3 is 0 Å². The molecule has 0 aromatic heterocycles. The maximum absolute atomic E-state index is 13.1. The molecule has 0 unspecified atom stereocenters. The van der Waals surface area contributed by atoms with Crippen LogP contribution in [0.5, 0.6) is 0 Å². The lowest BCUT2D eigenvalue weighted by Crippen LogP contribution is -2.11. The quantitative estimate of drug-likeness (QED) is 0.684. The standard InChI is InChI=1S/C10H8BrFO/c11-10-7-2-1-3-9(13)6(7)4-5-8(10)12/h4-5H,1-3H2. The summed E-state index contributed by atoms with van der Waals surface area (Å²) in [5, 5.41) is 0. The van der Waals surface area contributed by atoms with Gasteiger partial charge in [0.25, 0.3) is 0 Å². The van der Waals surface area contributed by atoms with Crippen LogP contribution in [0.3, 0.4) is 0 Å². The summed E-state index contributed by atoms with van der Waals surface area (Å²) < 4.78 is 13.5. The second-order valence-corrected chi connectivity index (χ2v) is 3.96. The Labute approximate surface area is 84.1 Å². The molecule has 0 saturated heterocycles. The van der Waals surface area contributed by atoms with Crippen LogP contribution in [-0.4, -0.2) is 5.78 Å². The molecule has 0 atom stereocenters. The Kier molecular flexibility index (Phi) is 2.20. The van der Waals surface area contributed by atoms with Crippen molar-refractivity contribution in [1.29, 1.82) is 0 Å². The number of hydrogen-bond acceptors (Lipinski definition) is 1. The molecule has 1 aliphatic rings. The number of rotatable bonds is 0. The predicted molar refractivity (Wildman–Crippen MR) is 51.4 cm³/mol. The van der Waals surface area contributed by atoms with E-state index in [4.69, 9.17) is 0 Å². The Morgan fingerprint density at radius 1 is 1.31 bits per heavy atom. The number of benzene rings is 1. The lowest BCUT2D eigenvalue weighted by molar-refractivity contribution is 0.0972. The molecule has 0 spiro atoms. The number of carbonyl (C=O) groups excluding carboxylic acids is 1. The molecule has 3 heteroatoms. The SMILES string of the molecule is O=C1CCCc2c1ccc(F)c2Br. The normalized spacial score (nSPS) is 15.7. The first kappa shape index (κ1) is 8.88. The van der Waals surface area contributed by atoms with Gasteiger partial charge in [0, 0.05) is 12.0 Å². The number of Topliss-reactive ketones (excluding diaryl/α,β-unsaturated/α-hetero) is 1. The molecule has 0 amide bonds. The van der Waals surface area contributed by atoms with Crippen molar-refractivity contribution < 1.29 is 9.18 Å². The molecular weight excluding hydrogens is 235 g/mol. The van der Waals surface area contributed by atoms with Crippen LogP contribution in [0, 0.1) is 5.82 Å². The first-order valence-corrected chi connectivity index (χ1v) is 4.99. The van der Waals surface area contributed by atoms with E-state index in [-0.39, 0.29) is 11.6 Å². The highest BCUT2D eigenvalue weighted by atomic mass is 79.9. The average Bonchev–Trinajstić information content (AvgIpc) is 2.12. The number of carbonyl (C=O) groups is 1. The van der Waals surface area contributed by atoms with Crippen LogP contribution in [0.15, 0.2) is 16.6 Å². The summed E-state index contributed by atoms with van der Waals surface area (Å²) in [6.45, 7) is 0. The minimum absolute atomic E-state index is 0.127. The molecule has 68 valence electrons. The van der Waals surface area contributed by atoms with Crippen molar-refractivity contribution >= 4 is 21.7 Å². The van der Waals surface area contributed by atoms with E-state index < -0.39 is 0 Å². The minimum Gasteiger partial charge on any atom is -0.294 e. The van der Waals surface area contributed by atoms with Crippen LogP contribution in [-0.2, 0) is 6.42 Å². The van der Waals surface area contributed by atoms with Crippen molar-refractivity contribution in [2.24, 2.45) is 0 Å². The fraction of sp³-hybridized carbons (Fsp3) is 0.300. The molecule has 0 aliphatic heterocycles. The number of halogens is 2. The molecule has 1 nitrogen and oxygen atoms in total. The molecule has 0 bridgehead atoms. The van der Waals surface area contributed by atoms with E-state index in [1.807, 2.05) is 0 Å². The Morgan fingerprint density at radius 3 is 2.85 bits per heavy atom. The summed E-state index contributed by atoms with van der Waals surface area (Å²) in [5.41, 5.74) is 1.51. The average molecular weight is 243 g/mol. The van der Waals surface area contributed by atoms with Crippen LogP contribution >= 0.6 is 15.9 Å². The third-order valence-corrected chi connectivity index (χ3v) is 3.18. The fourth-order valence-electron chi connectivity index (χ4n) is 1.66. The first-order valence-electron chi connectivity index (χ1n) is 4.20. The largest absolute Gasteiger partial charge is 0.294 e. The van der Waals surface area contributed by atoms with Gasteiger partial charge in [-0.25, -0.2) is 4.39 Å². The van der Waals surface area contributed by atoms with Crippen LogP contribution in [0.4, 0.5) is 4.39 Å². The topological polar surface area (TPSA) is 17.1 Å². The van der Waals surface area contributed by atoms with Crippen molar-refractivity contribution in [3.8, 4) is 0 Å². The molecule has 0 fully saturated rings. The van der Waals surface area contributed by atoms with Crippen molar-refractivity contribution in [2.75, 3.05) is 0 Å². The molecule has 1 aromatic rings. The van der Waals surface area contributed by atoms with Gasteiger partial charge in [0.05, 0.1) is 4.47 Å². The van der Waals surface area contributed by atoms with Gasteiger partial charge in [0.2, 0.25) is 0 Å². The van der Waals surface area contributed by atoms with E-state index in [1.165, 1.54) is 6.07 Å². The molecule has 1 aromatic carbocycles. The second kappa shape index (κ2) is 3.22. The zero-order chi connectivity index (χ0) is 9.42. The molecule has 1 aliphatic carbocycles. The fourth-order valence-corrected chi connectivity index (χ4v) is 2.20. The molecule has 2 rings (SSSR count). The Hall–Kier alpha value is -0.700. The lowest BCUT2D eigenvalue weighted by atomic mass is 9.91. The van der Waals surface area contributed by atoms with Crippen molar-refractivity contribution in [3.63, 3.8) is 0 Å². The summed E-state index contributed by atoms with van der Waals surface area (Å²) >= 11 is 3.17. The van der Waals surface area contributed by atoms with Crippen LogP contribution in [0.2, 0.25) is 0 Å². The van der Waals surface area contributed by atoms with Gasteiger partial charge < -0.3 is 0 Å². The van der Waals surface area contributed by atoms with Gasteiger partial charge in [0.1, 0.15) is 5.82 Å². The van der Waals surface area contributed by atoms with Gasteiger partial charge in [0.15, 0.2) is 5.78 Å². The molecule has 0 saturated carbocycles. The van der Waals surface area contributed by atoms with Gasteiger partial charge in [-0.3, -0.25) is 4.79 Å². The lowest BCUT2D eigenvalue weighted by Gasteiger charge is -2.15. The van der Waals surface area contributed by atoms with E-state index in [9.17, 15) is 9.18 Å².